The van der Waals surface area contributed by atoms with Crippen LogP contribution in [0.3, 0.4) is 0 Å². The average molecular weight is 315 g/mol. The summed E-state index contributed by atoms with van der Waals surface area (Å²) in [6.07, 6.45) is 0.417. The van der Waals surface area contributed by atoms with Crippen molar-refractivity contribution in [2.45, 2.75) is 31.9 Å². The van der Waals surface area contributed by atoms with Crippen LogP contribution in [0.15, 0.2) is 24.3 Å². The molecule has 0 aliphatic carbocycles. The summed E-state index contributed by atoms with van der Waals surface area (Å²) < 4.78 is 41.1. The van der Waals surface area contributed by atoms with Crippen LogP contribution in [0.1, 0.15) is 20.3 Å². The van der Waals surface area contributed by atoms with E-state index in [0.29, 0.717) is 12.2 Å². The number of hydrogen-bond acceptors (Lipinski definition) is 4. The van der Waals surface area contributed by atoms with Crippen molar-refractivity contribution in [3.8, 4) is 5.75 Å². The Morgan fingerprint density at radius 2 is 1.95 bits per heavy atom. The van der Waals surface area contributed by atoms with Crippen LogP contribution in [0, 0.1) is 5.82 Å². The molecule has 7 heteroatoms. The Bertz CT molecular complexity index is 625. The Labute approximate surface area is 123 Å². The molecule has 1 heterocycles. The molecular weight excluding hydrogens is 297 g/mol. The number of hydrogen-bond donors (Lipinski definition) is 1. The highest BCUT2D eigenvalue weighted by Crippen LogP contribution is 2.20. The van der Waals surface area contributed by atoms with Gasteiger partial charge in [0.1, 0.15) is 11.6 Å². The fourth-order valence-electron chi connectivity index (χ4n) is 2.11. The fourth-order valence-corrected chi connectivity index (χ4v) is 3.79. The lowest BCUT2D eigenvalue weighted by molar-refractivity contribution is -0.134. The van der Waals surface area contributed by atoms with E-state index in [-0.39, 0.29) is 23.4 Å². The maximum absolute atomic E-state index is 12.8. The van der Waals surface area contributed by atoms with Crippen molar-refractivity contribution in [2.24, 2.45) is 0 Å². The first-order chi connectivity index (χ1) is 9.68. The zero-order chi connectivity index (χ0) is 15.7. The number of ether oxygens (including phenoxy) is 1. The first kappa shape index (κ1) is 15.8. The van der Waals surface area contributed by atoms with Crippen LogP contribution < -0.4 is 10.1 Å². The van der Waals surface area contributed by atoms with Crippen molar-refractivity contribution in [3.63, 3.8) is 0 Å². The third-order valence-electron chi connectivity index (χ3n) is 3.30. The number of benzene rings is 1. The Hall–Kier alpha value is -1.63. The van der Waals surface area contributed by atoms with E-state index < -0.39 is 21.3 Å². The van der Waals surface area contributed by atoms with Crippen molar-refractivity contribution >= 4 is 15.7 Å². The van der Waals surface area contributed by atoms with Gasteiger partial charge in [-0.1, -0.05) is 0 Å². The number of halogens is 1. The largest absolute Gasteiger partial charge is 0.478 e. The Kier molecular flexibility index (Phi) is 4.22. The molecule has 1 aliphatic rings. The highest BCUT2D eigenvalue weighted by molar-refractivity contribution is 7.91. The molecule has 5 nitrogen and oxygen atoms in total. The highest BCUT2D eigenvalue weighted by Gasteiger charge is 2.35. The van der Waals surface area contributed by atoms with Crippen molar-refractivity contribution < 1.29 is 22.3 Å². The van der Waals surface area contributed by atoms with E-state index in [2.05, 4.69) is 5.32 Å². The van der Waals surface area contributed by atoms with E-state index in [1.54, 1.807) is 13.8 Å². The lowest BCUT2D eigenvalue weighted by Crippen LogP contribution is -2.50. The number of sulfone groups is 1. The number of rotatable bonds is 4. The molecule has 21 heavy (non-hydrogen) atoms. The van der Waals surface area contributed by atoms with Gasteiger partial charge in [-0.25, -0.2) is 12.8 Å². The van der Waals surface area contributed by atoms with Crippen LogP contribution in [0.2, 0.25) is 0 Å². The van der Waals surface area contributed by atoms with E-state index in [0.717, 1.165) is 0 Å². The minimum absolute atomic E-state index is 0.0363. The molecule has 0 saturated carbocycles. The van der Waals surface area contributed by atoms with E-state index in [9.17, 15) is 17.6 Å². The second-order valence-corrected chi connectivity index (χ2v) is 7.87. The van der Waals surface area contributed by atoms with Gasteiger partial charge < -0.3 is 10.1 Å². The fraction of sp³-hybridized carbons (Fsp3) is 0.500. The standard InChI is InChI=1S/C14H18FNO4S/c1-14(2,20-12-5-3-10(15)4-6-12)13(17)16-11-7-8-21(18,19)9-11/h3-6,11H,7-9H2,1-2H3,(H,16,17). The van der Waals surface area contributed by atoms with E-state index >= 15 is 0 Å². The summed E-state index contributed by atoms with van der Waals surface area (Å²) >= 11 is 0. The minimum Gasteiger partial charge on any atom is -0.478 e. The van der Waals surface area contributed by atoms with Gasteiger partial charge in [0.2, 0.25) is 0 Å². The molecule has 1 aromatic carbocycles. The molecule has 2 rings (SSSR count). The quantitative estimate of drug-likeness (QED) is 0.908. The molecule has 1 amide bonds. The van der Waals surface area contributed by atoms with E-state index in [4.69, 9.17) is 4.74 Å². The molecule has 1 unspecified atom stereocenters. The predicted octanol–water partition coefficient (Wildman–Crippen LogP) is 1.29. The first-order valence-corrected chi connectivity index (χ1v) is 8.46. The average Bonchev–Trinajstić information content (AvgIpc) is 2.71. The van der Waals surface area contributed by atoms with Gasteiger partial charge in [0.25, 0.3) is 5.91 Å². The number of carbonyl (C=O) groups is 1. The molecule has 1 saturated heterocycles. The van der Waals surface area contributed by atoms with Gasteiger partial charge >= 0.3 is 0 Å². The summed E-state index contributed by atoms with van der Waals surface area (Å²) in [5, 5.41) is 2.69. The number of carbonyl (C=O) groups excluding carboxylic acids is 1. The molecule has 1 N–H and O–H groups in total. The molecule has 0 spiro atoms. The lowest BCUT2D eigenvalue weighted by Gasteiger charge is -2.26. The summed E-state index contributed by atoms with van der Waals surface area (Å²) in [5.41, 5.74) is -1.18. The molecule has 0 aromatic heterocycles. The lowest BCUT2D eigenvalue weighted by atomic mass is 10.1. The zero-order valence-electron chi connectivity index (χ0n) is 11.9. The monoisotopic (exact) mass is 315 g/mol. The van der Waals surface area contributed by atoms with Gasteiger partial charge in [0.15, 0.2) is 15.4 Å². The van der Waals surface area contributed by atoms with Crippen molar-refractivity contribution in [1.29, 1.82) is 0 Å². The minimum atomic E-state index is -3.05. The van der Waals surface area contributed by atoms with Gasteiger partial charge in [-0.15, -0.1) is 0 Å². The predicted molar refractivity (Wildman–Crippen MR) is 76.3 cm³/mol. The second-order valence-electron chi connectivity index (χ2n) is 5.64. The third kappa shape index (κ3) is 4.17. The SMILES string of the molecule is CC(C)(Oc1ccc(F)cc1)C(=O)NC1CCS(=O)(=O)C1. The molecule has 1 fully saturated rings. The number of amides is 1. The maximum atomic E-state index is 12.8. The Morgan fingerprint density at radius 1 is 1.33 bits per heavy atom. The molecule has 116 valence electrons. The normalized spacial score (nSPS) is 21.0. The Balaban J connectivity index is 1.98. The topological polar surface area (TPSA) is 72.5 Å². The second kappa shape index (κ2) is 5.63. The molecular formula is C14H18FNO4S. The highest BCUT2D eigenvalue weighted by atomic mass is 32.2. The smallest absolute Gasteiger partial charge is 0.263 e. The molecule has 0 radical (unpaired) electrons. The zero-order valence-corrected chi connectivity index (χ0v) is 12.7. The van der Waals surface area contributed by atoms with Gasteiger partial charge in [-0.2, -0.15) is 0 Å². The molecule has 1 aliphatic heterocycles. The summed E-state index contributed by atoms with van der Waals surface area (Å²) in [5.74, 6) is -0.354. The Morgan fingerprint density at radius 3 is 2.48 bits per heavy atom. The number of nitrogens with one attached hydrogen (secondary N) is 1. The van der Waals surface area contributed by atoms with Crippen molar-refractivity contribution in [2.75, 3.05) is 11.5 Å². The van der Waals surface area contributed by atoms with Gasteiger partial charge in [-0.05, 0) is 44.5 Å². The maximum Gasteiger partial charge on any atom is 0.263 e. The van der Waals surface area contributed by atoms with E-state index in [1.807, 2.05) is 0 Å². The van der Waals surface area contributed by atoms with Crippen LogP contribution in [-0.4, -0.2) is 37.5 Å². The molecule has 1 aromatic rings. The summed E-state index contributed by atoms with van der Waals surface area (Å²) in [4.78, 5) is 12.2. The van der Waals surface area contributed by atoms with Crippen LogP contribution in [0.25, 0.3) is 0 Å². The van der Waals surface area contributed by atoms with Crippen molar-refractivity contribution in [1.82, 2.24) is 5.32 Å². The van der Waals surface area contributed by atoms with Crippen molar-refractivity contribution in [3.05, 3.63) is 30.1 Å². The first-order valence-electron chi connectivity index (χ1n) is 6.64. The van der Waals surface area contributed by atoms with Gasteiger partial charge in [0.05, 0.1) is 11.5 Å². The van der Waals surface area contributed by atoms with Gasteiger partial charge in [0, 0.05) is 6.04 Å². The van der Waals surface area contributed by atoms with Crippen LogP contribution in [-0.2, 0) is 14.6 Å². The van der Waals surface area contributed by atoms with Crippen LogP contribution in [0.5, 0.6) is 5.75 Å². The van der Waals surface area contributed by atoms with Crippen LogP contribution >= 0.6 is 0 Å². The summed E-state index contributed by atoms with van der Waals surface area (Å²) in [6, 6.07) is 4.98. The molecule has 0 bridgehead atoms. The van der Waals surface area contributed by atoms with Crippen LogP contribution in [0.4, 0.5) is 4.39 Å². The van der Waals surface area contributed by atoms with Gasteiger partial charge in [-0.3, -0.25) is 4.79 Å². The molecule has 1 atom stereocenters. The third-order valence-corrected chi connectivity index (χ3v) is 5.07. The summed E-state index contributed by atoms with van der Waals surface area (Å²) in [7, 11) is -3.05. The van der Waals surface area contributed by atoms with E-state index in [1.165, 1.54) is 24.3 Å². The summed E-state index contributed by atoms with van der Waals surface area (Å²) in [6.45, 7) is 3.16.